The van der Waals surface area contributed by atoms with Gasteiger partial charge in [-0.15, -0.1) is 10.2 Å². The number of halogens is 2. The van der Waals surface area contributed by atoms with Gasteiger partial charge < -0.3 is 14.1 Å². The fourth-order valence-electron chi connectivity index (χ4n) is 2.60. The van der Waals surface area contributed by atoms with Crippen LogP contribution in [0.25, 0.3) is 11.5 Å². The number of carbonyl (C=O) groups excluding carboxylic acids is 1. The number of thioether (sulfide) groups is 1. The number of hydrogen-bond donors (Lipinski definition) is 0. The van der Waals surface area contributed by atoms with Gasteiger partial charge in [0.2, 0.25) is 11.8 Å². The highest BCUT2D eigenvalue weighted by molar-refractivity contribution is 8.00. The SMILES string of the molecule is CC(Sc1nnc(-c2ccc(OC(F)F)cc2)o1)C(=O)N(C)Cc1ccccc1. The maximum atomic E-state index is 12.6. The van der Waals surface area contributed by atoms with E-state index < -0.39 is 11.9 Å². The van der Waals surface area contributed by atoms with Crippen LogP contribution in [0, 0.1) is 0 Å². The van der Waals surface area contributed by atoms with E-state index in [0.29, 0.717) is 12.1 Å². The van der Waals surface area contributed by atoms with Crippen molar-refractivity contribution >= 4 is 17.7 Å². The number of aromatic nitrogens is 2. The molecule has 3 rings (SSSR count). The van der Waals surface area contributed by atoms with Crippen molar-refractivity contribution in [3.8, 4) is 17.2 Å². The van der Waals surface area contributed by atoms with E-state index in [-0.39, 0.29) is 22.8 Å². The lowest BCUT2D eigenvalue weighted by Gasteiger charge is -2.20. The Hall–Kier alpha value is -2.94. The van der Waals surface area contributed by atoms with E-state index in [1.54, 1.807) is 31.0 Å². The lowest BCUT2D eigenvalue weighted by Crippen LogP contribution is -2.32. The average molecular weight is 419 g/mol. The van der Waals surface area contributed by atoms with Gasteiger partial charge >= 0.3 is 6.61 Å². The summed E-state index contributed by atoms with van der Waals surface area (Å²) in [6.45, 7) is -0.604. The summed E-state index contributed by atoms with van der Waals surface area (Å²) in [5, 5.41) is 7.74. The van der Waals surface area contributed by atoms with Crippen LogP contribution in [0.5, 0.6) is 5.75 Å². The van der Waals surface area contributed by atoms with Crippen molar-refractivity contribution in [2.24, 2.45) is 0 Å². The van der Waals surface area contributed by atoms with E-state index in [1.807, 2.05) is 30.3 Å². The molecular formula is C20H19F2N3O3S. The summed E-state index contributed by atoms with van der Waals surface area (Å²) in [5.41, 5.74) is 1.60. The molecule has 0 radical (unpaired) electrons. The standard InChI is InChI=1S/C20H19F2N3O3S/c1-13(18(26)25(2)12-14-6-4-3-5-7-14)29-20-24-23-17(28-20)15-8-10-16(11-9-15)27-19(21)22/h3-11,13,19H,12H2,1-2H3. The number of carbonyl (C=O) groups is 1. The van der Waals surface area contributed by atoms with Gasteiger partial charge in [-0.25, -0.2) is 0 Å². The Balaban J connectivity index is 1.59. The monoisotopic (exact) mass is 419 g/mol. The lowest BCUT2D eigenvalue weighted by molar-refractivity contribution is -0.129. The van der Waals surface area contributed by atoms with Gasteiger partial charge in [-0.05, 0) is 36.8 Å². The summed E-state index contributed by atoms with van der Waals surface area (Å²) in [6, 6.07) is 15.6. The second-order valence-electron chi connectivity index (χ2n) is 6.22. The molecule has 1 heterocycles. The van der Waals surface area contributed by atoms with E-state index >= 15 is 0 Å². The molecule has 2 aromatic carbocycles. The smallest absolute Gasteiger partial charge is 0.387 e. The first-order chi connectivity index (χ1) is 13.9. The molecule has 29 heavy (non-hydrogen) atoms. The third-order valence-electron chi connectivity index (χ3n) is 4.00. The number of amides is 1. The van der Waals surface area contributed by atoms with Gasteiger partial charge in [0.15, 0.2) is 0 Å². The Morgan fingerprint density at radius 1 is 1.14 bits per heavy atom. The van der Waals surface area contributed by atoms with Crippen molar-refractivity contribution in [1.82, 2.24) is 15.1 Å². The molecule has 0 saturated carbocycles. The van der Waals surface area contributed by atoms with Crippen LogP contribution in [0.1, 0.15) is 12.5 Å². The predicted molar refractivity (Wildman–Crippen MR) is 105 cm³/mol. The molecule has 152 valence electrons. The molecule has 9 heteroatoms. The van der Waals surface area contributed by atoms with Crippen molar-refractivity contribution in [2.45, 2.75) is 30.6 Å². The van der Waals surface area contributed by atoms with E-state index in [2.05, 4.69) is 14.9 Å². The number of hydrogen-bond acceptors (Lipinski definition) is 6. The minimum absolute atomic E-state index is 0.0403. The van der Waals surface area contributed by atoms with Crippen LogP contribution in [0.3, 0.4) is 0 Å². The fraction of sp³-hybridized carbons (Fsp3) is 0.250. The summed E-state index contributed by atoms with van der Waals surface area (Å²) in [6.07, 6.45) is 0. The molecule has 3 aromatic rings. The second-order valence-corrected chi connectivity index (χ2v) is 7.51. The van der Waals surface area contributed by atoms with Crippen LogP contribution in [0.2, 0.25) is 0 Å². The highest BCUT2D eigenvalue weighted by atomic mass is 32.2. The Labute approximate surface area is 170 Å². The molecule has 0 aliphatic heterocycles. The van der Waals surface area contributed by atoms with E-state index in [4.69, 9.17) is 4.42 Å². The Morgan fingerprint density at radius 3 is 2.48 bits per heavy atom. The second kappa shape index (κ2) is 9.51. The maximum absolute atomic E-state index is 12.6. The molecule has 0 spiro atoms. The fourth-order valence-corrected chi connectivity index (χ4v) is 3.40. The quantitative estimate of drug-likeness (QED) is 0.502. The van der Waals surface area contributed by atoms with Crippen molar-refractivity contribution in [2.75, 3.05) is 7.05 Å². The molecule has 1 amide bonds. The van der Waals surface area contributed by atoms with Crippen molar-refractivity contribution < 1.29 is 22.7 Å². The Bertz CT molecular complexity index is 936. The Kier molecular flexibility index (Phi) is 6.82. The van der Waals surface area contributed by atoms with Gasteiger partial charge in [0.1, 0.15) is 5.75 Å². The highest BCUT2D eigenvalue weighted by Gasteiger charge is 2.22. The highest BCUT2D eigenvalue weighted by Crippen LogP contribution is 2.28. The largest absolute Gasteiger partial charge is 0.435 e. The lowest BCUT2D eigenvalue weighted by atomic mass is 10.2. The summed E-state index contributed by atoms with van der Waals surface area (Å²) in [5.74, 6) is 0.207. The Morgan fingerprint density at radius 2 is 1.83 bits per heavy atom. The molecular weight excluding hydrogens is 400 g/mol. The normalized spacial score (nSPS) is 12.0. The first-order valence-electron chi connectivity index (χ1n) is 8.76. The summed E-state index contributed by atoms with van der Waals surface area (Å²) in [7, 11) is 1.74. The number of nitrogens with zero attached hydrogens (tertiary/aromatic N) is 3. The first kappa shape index (κ1) is 20.8. The number of benzene rings is 2. The molecule has 0 saturated heterocycles. The maximum Gasteiger partial charge on any atom is 0.387 e. The number of rotatable bonds is 8. The number of alkyl halides is 2. The molecule has 1 atom stereocenters. The molecule has 0 aliphatic carbocycles. The zero-order chi connectivity index (χ0) is 20.8. The third kappa shape index (κ3) is 5.77. The van der Waals surface area contributed by atoms with Gasteiger partial charge in [0.25, 0.3) is 5.22 Å². The van der Waals surface area contributed by atoms with E-state index in [9.17, 15) is 13.6 Å². The first-order valence-corrected chi connectivity index (χ1v) is 9.64. The molecule has 0 aliphatic rings. The molecule has 0 fully saturated rings. The molecule has 1 aromatic heterocycles. The minimum atomic E-state index is -2.88. The van der Waals surface area contributed by atoms with Gasteiger partial charge in [0.05, 0.1) is 5.25 Å². The summed E-state index contributed by atoms with van der Waals surface area (Å²) >= 11 is 1.16. The summed E-state index contributed by atoms with van der Waals surface area (Å²) in [4.78, 5) is 14.2. The average Bonchev–Trinajstić information content (AvgIpc) is 3.16. The van der Waals surface area contributed by atoms with Crippen LogP contribution >= 0.6 is 11.8 Å². The van der Waals surface area contributed by atoms with Crippen LogP contribution in [0.4, 0.5) is 8.78 Å². The molecule has 0 bridgehead atoms. The third-order valence-corrected chi connectivity index (χ3v) is 4.92. The molecule has 6 nitrogen and oxygen atoms in total. The van der Waals surface area contributed by atoms with Gasteiger partial charge in [0, 0.05) is 19.2 Å². The van der Waals surface area contributed by atoms with Crippen molar-refractivity contribution in [3.05, 3.63) is 60.2 Å². The van der Waals surface area contributed by atoms with Crippen LogP contribution in [-0.2, 0) is 11.3 Å². The zero-order valence-electron chi connectivity index (χ0n) is 15.8. The minimum Gasteiger partial charge on any atom is -0.435 e. The molecule has 1 unspecified atom stereocenters. The van der Waals surface area contributed by atoms with Gasteiger partial charge in [-0.1, -0.05) is 42.1 Å². The van der Waals surface area contributed by atoms with Gasteiger partial charge in [-0.2, -0.15) is 8.78 Å². The topological polar surface area (TPSA) is 68.5 Å². The number of ether oxygens (including phenoxy) is 1. The van der Waals surface area contributed by atoms with E-state index in [0.717, 1.165) is 17.3 Å². The van der Waals surface area contributed by atoms with E-state index in [1.165, 1.54) is 12.1 Å². The zero-order valence-corrected chi connectivity index (χ0v) is 16.6. The van der Waals surface area contributed by atoms with Crippen LogP contribution in [0.15, 0.2) is 64.2 Å². The van der Waals surface area contributed by atoms with Crippen molar-refractivity contribution in [1.29, 1.82) is 0 Å². The van der Waals surface area contributed by atoms with Crippen molar-refractivity contribution in [3.63, 3.8) is 0 Å². The van der Waals surface area contributed by atoms with Crippen LogP contribution < -0.4 is 4.74 Å². The van der Waals surface area contributed by atoms with Gasteiger partial charge in [-0.3, -0.25) is 4.79 Å². The van der Waals surface area contributed by atoms with Crippen LogP contribution in [-0.4, -0.2) is 39.9 Å². The predicted octanol–water partition coefficient (Wildman–Crippen LogP) is 4.48. The molecule has 0 N–H and O–H groups in total. The summed E-state index contributed by atoms with van der Waals surface area (Å²) < 4.78 is 34.3.